The molecule has 6 nitrogen and oxygen atoms in total. The number of hydrogen-bond acceptors (Lipinski definition) is 6. The molecule has 8 heteroatoms. The molecule has 2 aliphatic rings. The number of β-lactam (4-membered cyclic amide) rings is 1. The number of hydrogen-bond donors (Lipinski definition) is 1. The first-order valence-electron chi connectivity index (χ1n) is 14.1. The third-order valence-corrected chi connectivity index (χ3v) is 9.39. The maximum absolute atomic E-state index is 14.1. The van der Waals surface area contributed by atoms with Crippen LogP contribution >= 0.6 is 23.1 Å². The second-order valence-electron chi connectivity index (χ2n) is 10.2. The van der Waals surface area contributed by atoms with Crippen molar-refractivity contribution in [2.75, 3.05) is 5.75 Å². The van der Waals surface area contributed by atoms with E-state index in [2.05, 4.69) is 17.2 Å². The second kappa shape index (κ2) is 13.6. The zero-order chi connectivity index (χ0) is 30.3. The van der Waals surface area contributed by atoms with Crippen molar-refractivity contribution < 1.29 is 19.1 Å². The molecule has 1 N–H and O–H groups in total. The van der Waals surface area contributed by atoms with Gasteiger partial charge in [-0.3, -0.25) is 14.5 Å². The molecule has 44 heavy (non-hydrogen) atoms. The average molecular weight is 617 g/mol. The number of nitrogens with zero attached hydrogens (tertiary/aromatic N) is 1. The van der Waals surface area contributed by atoms with Gasteiger partial charge in [0.15, 0.2) is 6.10 Å². The molecule has 1 aromatic heterocycles. The first-order valence-corrected chi connectivity index (χ1v) is 16.0. The third kappa shape index (κ3) is 6.55. The normalized spacial score (nSPS) is 17.5. The van der Waals surface area contributed by atoms with Crippen LogP contribution in [0.1, 0.15) is 27.7 Å². The highest BCUT2D eigenvalue weighted by atomic mass is 32.2. The summed E-state index contributed by atoms with van der Waals surface area (Å²) in [5.41, 5.74) is 3.31. The molecule has 4 aromatic rings. The van der Waals surface area contributed by atoms with Gasteiger partial charge in [-0.1, -0.05) is 96.8 Å². The zero-order valence-corrected chi connectivity index (χ0v) is 25.2. The summed E-state index contributed by atoms with van der Waals surface area (Å²) in [7, 11) is 0. The van der Waals surface area contributed by atoms with Gasteiger partial charge in [-0.2, -0.15) is 0 Å². The number of thiophene rings is 1. The maximum Gasteiger partial charge on any atom is 0.356 e. The standard InChI is InChI=1S/C36H28N2O4S2/c39-30(23-29-21-12-22-43-29)37-31-34(40)38-32(28(24-44-35(31)38)20-11-10-15-25-13-4-1-5-14-25)36(41)42-33(26-16-6-2-7-17-26)27-18-8-3-9-19-27/h1-9,11-14,16-22,31,33,35H,23-24H2,(H,37,39)/b20-11-/t31-,35-/m1/s1. The van der Waals surface area contributed by atoms with Gasteiger partial charge >= 0.3 is 5.97 Å². The molecule has 0 unspecified atom stereocenters. The van der Waals surface area contributed by atoms with Crippen molar-refractivity contribution >= 4 is 40.9 Å². The number of amides is 2. The second-order valence-corrected chi connectivity index (χ2v) is 12.3. The predicted molar refractivity (Wildman–Crippen MR) is 173 cm³/mol. The summed E-state index contributed by atoms with van der Waals surface area (Å²) in [6.45, 7) is 0. The van der Waals surface area contributed by atoms with Crippen LogP contribution in [0.25, 0.3) is 0 Å². The molecule has 0 bridgehead atoms. The number of rotatable bonds is 8. The van der Waals surface area contributed by atoms with Crippen molar-refractivity contribution in [2.45, 2.75) is 23.9 Å². The fourth-order valence-corrected chi connectivity index (χ4v) is 7.11. The van der Waals surface area contributed by atoms with E-state index in [-0.39, 0.29) is 23.9 Å². The number of carbonyl (C=O) groups is 3. The molecule has 218 valence electrons. The molecular weight excluding hydrogens is 589 g/mol. The van der Waals surface area contributed by atoms with Gasteiger partial charge in [0, 0.05) is 16.2 Å². The Hall–Kier alpha value is -4.84. The number of ether oxygens (including phenoxy) is 1. The van der Waals surface area contributed by atoms with Crippen molar-refractivity contribution in [3.63, 3.8) is 0 Å². The van der Waals surface area contributed by atoms with Crippen LogP contribution in [0.4, 0.5) is 0 Å². The molecule has 6 rings (SSSR count). The van der Waals surface area contributed by atoms with Crippen molar-refractivity contribution in [1.29, 1.82) is 0 Å². The minimum Gasteiger partial charge on any atom is -0.448 e. The Bertz CT molecular complexity index is 1720. The SMILES string of the molecule is O=C(Cc1cccs1)N[C@@H]1C(=O)N2C(C(=O)OC(c3ccccc3)c3ccccc3)=C(/C=C\C#Cc3ccccc3)CS[C@H]12. The van der Waals surface area contributed by atoms with Gasteiger partial charge in [0.25, 0.3) is 5.91 Å². The van der Waals surface area contributed by atoms with E-state index >= 15 is 0 Å². The summed E-state index contributed by atoms with van der Waals surface area (Å²) in [5, 5.41) is 4.37. The van der Waals surface area contributed by atoms with Gasteiger partial charge in [0.2, 0.25) is 5.91 Å². The van der Waals surface area contributed by atoms with Crippen LogP contribution in [0.3, 0.4) is 0 Å². The number of benzene rings is 3. The molecule has 0 spiro atoms. The minimum atomic E-state index is -0.724. The highest BCUT2D eigenvalue weighted by Crippen LogP contribution is 2.42. The number of thioether (sulfide) groups is 1. The number of esters is 1. The van der Waals surface area contributed by atoms with Crippen molar-refractivity contribution in [3.05, 3.63) is 153 Å². The van der Waals surface area contributed by atoms with Crippen LogP contribution in [0.15, 0.2) is 132 Å². The summed E-state index contributed by atoms with van der Waals surface area (Å²) in [5.74, 6) is 5.38. The molecule has 3 aromatic carbocycles. The third-order valence-electron chi connectivity index (χ3n) is 7.21. The predicted octanol–water partition coefficient (Wildman–Crippen LogP) is 5.89. The summed E-state index contributed by atoms with van der Waals surface area (Å²) in [4.78, 5) is 42.7. The summed E-state index contributed by atoms with van der Waals surface area (Å²) in [6.07, 6.45) is 2.98. The van der Waals surface area contributed by atoms with E-state index < -0.39 is 23.5 Å². The number of fused-ring (bicyclic) bond motifs is 1. The quantitative estimate of drug-likeness (QED) is 0.152. The van der Waals surface area contributed by atoms with E-state index in [9.17, 15) is 14.4 Å². The Labute approximate surface area is 264 Å². The van der Waals surface area contributed by atoms with E-state index in [4.69, 9.17) is 4.74 Å². The number of nitrogens with one attached hydrogen (secondary N) is 1. The van der Waals surface area contributed by atoms with Gasteiger partial charge < -0.3 is 10.1 Å². The Morgan fingerprint density at radius 1 is 0.932 bits per heavy atom. The molecule has 1 saturated heterocycles. The maximum atomic E-state index is 14.1. The minimum absolute atomic E-state index is 0.178. The Morgan fingerprint density at radius 2 is 1.59 bits per heavy atom. The van der Waals surface area contributed by atoms with Crippen LogP contribution in [-0.2, 0) is 25.5 Å². The molecule has 3 heterocycles. The van der Waals surface area contributed by atoms with E-state index in [1.807, 2.05) is 109 Å². The largest absolute Gasteiger partial charge is 0.448 e. The molecule has 0 saturated carbocycles. The van der Waals surface area contributed by atoms with Crippen molar-refractivity contribution in [2.24, 2.45) is 0 Å². The summed E-state index contributed by atoms with van der Waals surface area (Å²) < 4.78 is 6.20. The fraction of sp³-hybridized carbons (Fsp3) is 0.139. The molecule has 0 radical (unpaired) electrons. The average Bonchev–Trinajstić information content (AvgIpc) is 3.58. The smallest absolute Gasteiger partial charge is 0.356 e. The van der Waals surface area contributed by atoms with Crippen LogP contribution < -0.4 is 5.32 Å². The lowest BCUT2D eigenvalue weighted by molar-refractivity contribution is -0.154. The van der Waals surface area contributed by atoms with E-state index in [0.29, 0.717) is 11.3 Å². The number of carbonyl (C=O) groups excluding carboxylic acids is 3. The lowest BCUT2D eigenvalue weighted by Gasteiger charge is -2.49. The van der Waals surface area contributed by atoms with Gasteiger partial charge in [-0.25, -0.2) is 4.79 Å². The lowest BCUT2D eigenvalue weighted by Crippen LogP contribution is -2.70. The van der Waals surface area contributed by atoms with Gasteiger partial charge in [-0.15, -0.1) is 23.1 Å². The van der Waals surface area contributed by atoms with Crippen molar-refractivity contribution in [3.8, 4) is 11.8 Å². The van der Waals surface area contributed by atoms with Gasteiger partial charge in [-0.05, 0) is 52.4 Å². The monoisotopic (exact) mass is 616 g/mol. The van der Waals surface area contributed by atoms with Crippen LogP contribution in [0.2, 0.25) is 0 Å². The van der Waals surface area contributed by atoms with Gasteiger partial charge in [0.05, 0.1) is 6.42 Å². The fourth-order valence-electron chi connectivity index (χ4n) is 5.09. The zero-order valence-electron chi connectivity index (χ0n) is 23.6. The Morgan fingerprint density at radius 3 is 2.23 bits per heavy atom. The van der Waals surface area contributed by atoms with Gasteiger partial charge in [0.1, 0.15) is 17.1 Å². The topological polar surface area (TPSA) is 75.7 Å². The van der Waals surface area contributed by atoms with Crippen LogP contribution in [0.5, 0.6) is 0 Å². The first kappa shape index (κ1) is 29.2. The van der Waals surface area contributed by atoms with Crippen molar-refractivity contribution in [1.82, 2.24) is 10.2 Å². The molecule has 2 aliphatic heterocycles. The summed E-state index contributed by atoms with van der Waals surface area (Å²) in [6, 6.07) is 31.7. The molecule has 0 aliphatic carbocycles. The Balaban J connectivity index is 1.29. The highest BCUT2D eigenvalue weighted by Gasteiger charge is 2.54. The van der Waals surface area contributed by atoms with E-state index in [1.54, 1.807) is 12.2 Å². The number of allylic oxidation sites excluding steroid dienone is 2. The van der Waals surface area contributed by atoms with Crippen LogP contribution in [0, 0.1) is 11.8 Å². The van der Waals surface area contributed by atoms with E-state index in [1.165, 1.54) is 28.0 Å². The lowest BCUT2D eigenvalue weighted by atomic mass is 10.0. The highest BCUT2D eigenvalue weighted by molar-refractivity contribution is 8.00. The van der Waals surface area contributed by atoms with E-state index in [0.717, 1.165) is 21.6 Å². The molecular formula is C36H28N2O4S2. The summed E-state index contributed by atoms with van der Waals surface area (Å²) >= 11 is 2.99. The molecule has 2 atom stereocenters. The molecule has 1 fully saturated rings. The first-order chi connectivity index (χ1) is 21.6. The Kier molecular flexibility index (Phi) is 9.06. The molecule has 2 amide bonds. The van der Waals surface area contributed by atoms with Crippen LogP contribution in [-0.4, -0.2) is 39.9 Å².